The molecular weight excluding hydrogens is 454 g/mol. The van der Waals surface area contributed by atoms with Crippen LogP contribution in [0.15, 0.2) is 18.2 Å². The first kappa shape index (κ1) is 30.1. The summed E-state index contributed by atoms with van der Waals surface area (Å²) < 4.78 is 21.2. The summed E-state index contributed by atoms with van der Waals surface area (Å²) >= 11 is 0. The second-order valence-corrected chi connectivity index (χ2v) is 9.39. The van der Waals surface area contributed by atoms with Crippen molar-refractivity contribution in [2.24, 2.45) is 23.5 Å². The first-order valence-electron chi connectivity index (χ1n) is 12.0. The summed E-state index contributed by atoms with van der Waals surface area (Å²) in [5, 5.41) is 0. The zero-order valence-corrected chi connectivity index (χ0v) is 21.8. The van der Waals surface area contributed by atoms with E-state index >= 15 is 0 Å². The number of carbonyl (C=O) groups is 4. The fourth-order valence-corrected chi connectivity index (χ4v) is 2.65. The molecule has 0 heterocycles. The van der Waals surface area contributed by atoms with Gasteiger partial charge in [-0.05, 0) is 37.0 Å². The lowest BCUT2D eigenvalue weighted by Gasteiger charge is -2.18. The van der Waals surface area contributed by atoms with Crippen molar-refractivity contribution in [1.82, 2.24) is 0 Å². The Labute approximate surface area is 207 Å². The van der Waals surface area contributed by atoms with Gasteiger partial charge in [-0.25, -0.2) is 0 Å². The third-order valence-electron chi connectivity index (χ3n) is 5.14. The monoisotopic (exact) mass is 493 g/mol. The summed E-state index contributed by atoms with van der Waals surface area (Å²) in [6, 6.07) is 3.63. The van der Waals surface area contributed by atoms with Crippen LogP contribution < -0.4 is 15.2 Å². The van der Waals surface area contributed by atoms with Gasteiger partial charge in [0.15, 0.2) is 11.5 Å². The lowest BCUT2D eigenvalue weighted by Crippen LogP contribution is -2.37. The van der Waals surface area contributed by atoms with Gasteiger partial charge >= 0.3 is 23.9 Å². The fraction of sp³-hybridized carbons (Fsp3) is 0.615. The third-order valence-corrected chi connectivity index (χ3v) is 5.14. The summed E-state index contributed by atoms with van der Waals surface area (Å²) in [5.41, 5.74) is 6.60. The van der Waals surface area contributed by atoms with Crippen molar-refractivity contribution in [3.05, 3.63) is 23.8 Å². The van der Waals surface area contributed by atoms with Gasteiger partial charge in [0.2, 0.25) is 0 Å². The van der Waals surface area contributed by atoms with Crippen molar-refractivity contribution >= 4 is 23.9 Å². The molecule has 2 N–H and O–H groups in total. The summed E-state index contributed by atoms with van der Waals surface area (Å²) in [6.07, 6.45) is 0.607. The van der Waals surface area contributed by atoms with Crippen LogP contribution in [-0.2, 0) is 35.1 Å². The van der Waals surface area contributed by atoms with E-state index in [1.165, 1.54) is 12.1 Å². The Balaban J connectivity index is 2.80. The molecule has 9 heteroatoms. The topological polar surface area (TPSA) is 131 Å². The van der Waals surface area contributed by atoms with E-state index in [0.29, 0.717) is 12.0 Å². The summed E-state index contributed by atoms with van der Waals surface area (Å²) in [5.74, 6) is -2.35. The van der Waals surface area contributed by atoms with Gasteiger partial charge in [-0.1, -0.05) is 54.0 Å². The summed E-state index contributed by atoms with van der Waals surface area (Å²) in [6.45, 7) is 12.2. The van der Waals surface area contributed by atoms with Gasteiger partial charge in [-0.15, -0.1) is 0 Å². The molecule has 1 rings (SSSR count). The van der Waals surface area contributed by atoms with E-state index in [2.05, 4.69) is 0 Å². The van der Waals surface area contributed by atoms with Gasteiger partial charge in [0.25, 0.3) is 0 Å². The minimum absolute atomic E-state index is 0.0566. The van der Waals surface area contributed by atoms with Gasteiger partial charge in [-0.3, -0.25) is 19.2 Å². The standard InChI is InChI=1S/C26H39NO8/c1-8-17(6)11-23(28)32-14-18(7)33-26(31)20(27)12-19-9-10-21(34-24(29)15(2)3)22(13-19)35-25(30)16(4)5/h9-10,13,15-18,20H,8,11-12,14,27H2,1-7H3/t17?,18-,20-/m0/s1. The van der Waals surface area contributed by atoms with Gasteiger partial charge in [0.05, 0.1) is 11.8 Å². The van der Waals surface area contributed by atoms with E-state index in [-0.39, 0.29) is 42.3 Å². The Morgan fingerprint density at radius 2 is 1.43 bits per heavy atom. The predicted molar refractivity (Wildman–Crippen MR) is 130 cm³/mol. The van der Waals surface area contributed by atoms with Crippen LogP contribution in [0.1, 0.15) is 66.9 Å². The number of esters is 4. The molecule has 1 aromatic rings. The highest BCUT2D eigenvalue weighted by atomic mass is 16.6. The molecule has 0 fully saturated rings. The number of benzene rings is 1. The van der Waals surface area contributed by atoms with Gasteiger partial charge in [-0.2, -0.15) is 0 Å². The van der Waals surface area contributed by atoms with E-state index in [1.54, 1.807) is 40.7 Å². The van der Waals surface area contributed by atoms with Gasteiger partial charge in [0.1, 0.15) is 18.8 Å². The van der Waals surface area contributed by atoms with Crippen molar-refractivity contribution in [2.45, 2.75) is 79.9 Å². The SMILES string of the molecule is CCC(C)CC(=O)OC[C@H](C)OC(=O)[C@@H](N)Cc1ccc(OC(=O)C(C)C)c(OC(=O)C(C)C)c1. The maximum Gasteiger partial charge on any atom is 0.323 e. The van der Waals surface area contributed by atoms with E-state index in [4.69, 9.17) is 24.7 Å². The number of rotatable bonds is 13. The smallest absolute Gasteiger partial charge is 0.323 e. The molecule has 0 bridgehead atoms. The first-order valence-corrected chi connectivity index (χ1v) is 12.0. The Kier molecular flexibility index (Phi) is 12.4. The van der Waals surface area contributed by atoms with Crippen molar-refractivity contribution in [3.8, 4) is 11.5 Å². The minimum Gasteiger partial charge on any atom is -0.462 e. The van der Waals surface area contributed by atoms with Crippen LogP contribution in [0.5, 0.6) is 11.5 Å². The molecule has 0 saturated carbocycles. The molecule has 35 heavy (non-hydrogen) atoms. The molecule has 0 aromatic heterocycles. The number of nitrogens with two attached hydrogens (primary N) is 1. The van der Waals surface area contributed by atoms with Crippen LogP contribution in [0.4, 0.5) is 0 Å². The van der Waals surface area contributed by atoms with E-state index in [9.17, 15) is 19.2 Å². The first-order chi connectivity index (χ1) is 16.3. The molecule has 0 spiro atoms. The van der Waals surface area contributed by atoms with Crippen molar-refractivity contribution in [2.75, 3.05) is 6.61 Å². The molecule has 3 atom stereocenters. The Hall–Kier alpha value is -2.94. The highest BCUT2D eigenvalue weighted by molar-refractivity contribution is 5.78. The molecular formula is C26H39NO8. The summed E-state index contributed by atoms with van der Waals surface area (Å²) in [7, 11) is 0. The second-order valence-electron chi connectivity index (χ2n) is 9.39. The van der Waals surface area contributed by atoms with Crippen molar-refractivity contribution in [1.29, 1.82) is 0 Å². The average Bonchev–Trinajstić information content (AvgIpc) is 2.78. The lowest BCUT2D eigenvalue weighted by atomic mass is 10.1. The van der Waals surface area contributed by atoms with Crippen LogP contribution >= 0.6 is 0 Å². The highest BCUT2D eigenvalue weighted by Crippen LogP contribution is 2.30. The molecule has 1 unspecified atom stereocenters. The zero-order valence-electron chi connectivity index (χ0n) is 21.8. The third kappa shape index (κ3) is 10.9. The normalized spacial score (nSPS) is 13.7. The van der Waals surface area contributed by atoms with Crippen LogP contribution in [0.25, 0.3) is 0 Å². The van der Waals surface area contributed by atoms with Gasteiger partial charge in [0, 0.05) is 6.42 Å². The minimum atomic E-state index is -1.01. The van der Waals surface area contributed by atoms with E-state index < -0.39 is 36.0 Å². The number of carbonyl (C=O) groups excluding carboxylic acids is 4. The maximum absolute atomic E-state index is 12.4. The molecule has 0 saturated heterocycles. The summed E-state index contributed by atoms with van der Waals surface area (Å²) in [4.78, 5) is 48.4. The highest BCUT2D eigenvalue weighted by Gasteiger charge is 2.22. The quantitative estimate of drug-likeness (QED) is 0.323. The van der Waals surface area contributed by atoms with Crippen LogP contribution in [0.2, 0.25) is 0 Å². The lowest BCUT2D eigenvalue weighted by molar-refractivity contribution is -0.159. The molecule has 196 valence electrons. The van der Waals surface area contributed by atoms with E-state index in [0.717, 1.165) is 6.42 Å². The molecule has 0 amide bonds. The molecule has 9 nitrogen and oxygen atoms in total. The van der Waals surface area contributed by atoms with Crippen molar-refractivity contribution < 1.29 is 38.1 Å². The largest absolute Gasteiger partial charge is 0.462 e. The maximum atomic E-state index is 12.4. The van der Waals surface area contributed by atoms with Crippen molar-refractivity contribution in [3.63, 3.8) is 0 Å². The molecule has 0 radical (unpaired) electrons. The Bertz CT molecular complexity index is 880. The molecule has 0 aliphatic heterocycles. The fourth-order valence-electron chi connectivity index (χ4n) is 2.65. The van der Waals surface area contributed by atoms with Crippen LogP contribution in [-0.4, -0.2) is 42.6 Å². The van der Waals surface area contributed by atoms with E-state index in [1.807, 2.05) is 13.8 Å². The second kappa shape index (κ2) is 14.5. The van der Waals surface area contributed by atoms with Crippen LogP contribution in [0, 0.1) is 17.8 Å². The Morgan fingerprint density at radius 3 is 1.97 bits per heavy atom. The number of hydrogen-bond donors (Lipinski definition) is 1. The molecule has 0 aliphatic rings. The molecule has 1 aromatic carbocycles. The zero-order chi connectivity index (χ0) is 26.7. The number of ether oxygens (including phenoxy) is 4. The Morgan fingerprint density at radius 1 is 0.857 bits per heavy atom. The average molecular weight is 494 g/mol. The van der Waals surface area contributed by atoms with Crippen LogP contribution in [0.3, 0.4) is 0 Å². The van der Waals surface area contributed by atoms with Gasteiger partial charge < -0.3 is 24.7 Å². The molecule has 0 aliphatic carbocycles. The number of hydrogen-bond acceptors (Lipinski definition) is 9. The predicted octanol–water partition coefficient (Wildman–Crippen LogP) is 3.59.